The van der Waals surface area contributed by atoms with Gasteiger partial charge in [-0.1, -0.05) is 102 Å². The molecule has 7 atom stereocenters. The normalized spacial score (nSPS) is 13.6. The van der Waals surface area contributed by atoms with Crippen molar-refractivity contribution in [3.63, 3.8) is 0 Å². The van der Waals surface area contributed by atoms with Crippen LogP contribution in [0, 0.1) is 17.8 Å². The van der Waals surface area contributed by atoms with Gasteiger partial charge < -0.3 is 68.9 Å². The van der Waals surface area contributed by atoms with E-state index in [0.717, 1.165) is 0 Å². The fraction of sp³-hybridized carbons (Fsp3) is 0.474. The summed E-state index contributed by atoms with van der Waals surface area (Å²) in [6.07, 6.45) is -1.71. The minimum atomic E-state index is -1.69. The molecule has 0 saturated heterocycles. The Morgan fingerprint density at radius 2 is 1.02 bits per heavy atom. The Bertz CT molecular complexity index is 2670. The second-order valence-corrected chi connectivity index (χ2v) is 20.8. The molecule has 3 rings (SSSR count). The zero-order valence-corrected chi connectivity index (χ0v) is 47.0. The van der Waals surface area contributed by atoms with Crippen molar-refractivity contribution in [2.24, 2.45) is 23.5 Å². The smallest absolute Gasteiger partial charge is 0.311 e. The maximum absolute atomic E-state index is 14.5. The van der Waals surface area contributed by atoms with Crippen LogP contribution in [0.1, 0.15) is 114 Å². The Morgan fingerprint density at radius 3 is 1.56 bits per heavy atom. The lowest BCUT2D eigenvalue weighted by Gasteiger charge is -2.28. The van der Waals surface area contributed by atoms with Crippen LogP contribution in [0.25, 0.3) is 0 Å². The van der Waals surface area contributed by atoms with Crippen LogP contribution in [0.4, 0.5) is 0 Å². The van der Waals surface area contributed by atoms with Crippen LogP contribution in [0.2, 0.25) is 0 Å². The van der Waals surface area contributed by atoms with Gasteiger partial charge in [-0.05, 0) is 85.3 Å². The molecule has 25 nitrogen and oxygen atoms in total. The van der Waals surface area contributed by atoms with Crippen LogP contribution in [0.15, 0.2) is 84.9 Å². The van der Waals surface area contributed by atoms with Crippen LogP contribution < -0.4 is 53.6 Å². The summed E-state index contributed by atoms with van der Waals surface area (Å²) in [7, 11) is 0. The van der Waals surface area contributed by atoms with Crippen molar-refractivity contribution in [2.75, 3.05) is 19.6 Å². The molecule has 3 aromatic carbocycles. The number of carboxylic acid groups (broad SMARTS) is 2. The molecule has 1 unspecified atom stereocenters. The van der Waals surface area contributed by atoms with Crippen LogP contribution in [-0.4, -0.2) is 142 Å². The van der Waals surface area contributed by atoms with Crippen molar-refractivity contribution in [1.82, 2.24) is 47.9 Å². The van der Waals surface area contributed by atoms with E-state index in [0.29, 0.717) is 16.7 Å². The van der Waals surface area contributed by atoms with Crippen molar-refractivity contribution < 1.29 is 72.9 Å². The Hall–Kier alpha value is -8.90. The first-order chi connectivity index (χ1) is 38.7. The van der Waals surface area contributed by atoms with E-state index in [1.54, 1.807) is 102 Å². The second-order valence-electron chi connectivity index (χ2n) is 20.8. The molecule has 25 heteroatoms. The van der Waals surface area contributed by atoms with Gasteiger partial charge in [-0.15, -0.1) is 0 Å². The molecule has 14 N–H and O–H groups in total. The summed E-state index contributed by atoms with van der Waals surface area (Å²) >= 11 is 0. The summed E-state index contributed by atoms with van der Waals surface area (Å²) in [5, 5.41) is 52.4. The summed E-state index contributed by atoms with van der Waals surface area (Å²) < 4.78 is 0. The summed E-state index contributed by atoms with van der Waals surface area (Å²) in [5.74, 6) is -13.0. The van der Waals surface area contributed by atoms with E-state index in [2.05, 4.69) is 47.9 Å². The number of phenols is 1. The molecule has 0 aliphatic rings. The number of primary amides is 1. The highest BCUT2D eigenvalue weighted by Gasteiger charge is 2.34. The largest absolute Gasteiger partial charge is 0.508 e. The monoisotopic (exact) mass is 1140 g/mol. The fourth-order valence-electron chi connectivity index (χ4n) is 8.35. The van der Waals surface area contributed by atoms with Gasteiger partial charge in [0.1, 0.15) is 42.0 Å². The van der Waals surface area contributed by atoms with Gasteiger partial charge in [-0.2, -0.15) is 0 Å². The number of unbranched alkanes of at least 4 members (excludes halogenated alkanes) is 1. The summed E-state index contributed by atoms with van der Waals surface area (Å²) in [6, 6.07) is 13.6. The Balaban J connectivity index is 1.91. The molecule has 0 aromatic heterocycles. The molecule has 0 aliphatic carbocycles. The van der Waals surface area contributed by atoms with Gasteiger partial charge in [0.05, 0.1) is 19.0 Å². The van der Waals surface area contributed by atoms with Crippen molar-refractivity contribution in [1.29, 1.82) is 0 Å². The Kier molecular flexibility index (Phi) is 28.2. The quantitative estimate of drug-likeness (QED) is 0.0360. The van der Waals surface area contributed by atoms with Crippen molar-refractivity contribution >= 4 is 71.0 Å². The third kappa shape index (κ3) is 24.2. The highest BCUT2D eigenvalue weighted by atomic mass is 16.4. The van der Waals surface area contributed by atoms with E-state index in [1.165, 1.54) is 24.3 Å². The third-order valence-electron chi connectivity index (χ3n) is 12.8. The fourth-order valence-corrected chi connectivity index (χ4v) is 8.35. The number of hydrogen-bond donors (Lipinski definition) is 13. The molecule has 0 fully saturated rings. The van der Waals surface area contributed by atoms with Gasteiger partial charge in [0.25, 0.3) is 5.91 Å². The van der Waals surface area contributed by atoms with Crippen LogP contribution in [-0.2, 0) is 59.2 Å². The first-order valence-electron chi connectivity index (χ1n) is 27.0. The molecular formula is C57H78N10O15. The number of nitrogens with one attached hydrogen (secondary N) is 9. The number of aromatic hydroxyl groups is 1. The molecule has 446 valence electrons. The van der Waals surface area contributed by atoms with Crippen LogP contribution in [0.5, 0.6) is 5.75 Å². The lowest BCUT2D eigenvalue weighted by Crippen LogP contribution is -2.60. The average Bonchev–Trinajstić information content (AvgIpc) is 3.43. The summed E-state index contributed by atoms with van der Waals surface area (Å²) in [5.41, 5.74) is 6.56. The molecule has 0 bridgehead atoms. The minimum Gasteiger partial charge on any atom is -0.508 e. The Morgan fingerprint density at radius 1 is 0.512 bits per heavy atom. The zero-order chi connectivity index (χ0) is 61.1. The van der Waals surface area contributed by atoms with Gasteiger partial charge in [-0.3, -0.25) is 57.5 Å². The van der Waals surface area contributed by atoms with E-state index in [1.807, 2.05) is 0 Å². The lowest BCUT2D eigenvalue weighted by atomic mass is 9.95. The molecule has 0 saturated carbocycles. The molecule has 82 heavy (non-hydrogen) atoms. The van der Waals surface area contributed by atoms with Crippen LogP contribution in [0.3, 0.4) is 0 Å². The van der Waals surface area contributed by atoms with E-state index < -0.39 is 151 Å². The van der Waals surface area contributed by atoms with E-state index in [-0.39, 0.29) is 56.7 Å². The first-order valence-corrected chi connectivity index (χ1v) is 27.0. The van der Waals surface area contributed by atoms with Crippen molar-refractivity contribution in [2.45, 2.75) is 135 Å². The number of aliphatic carboxylic acids is 2. The third-order valence-corrected chi connectivity index (χ3v) is 12.8. The number of amides is 10. The van der Waals surface area contributed by atoms with Gasteiger partial charge in [-0.25, -0.2) is 0 Å². The second kappa shape index (κ2) is 34.3. The minimum absolute atomic E-state index is 0.00572. The Labute approximate surface area is 475 Å². The number of carbonyl (C=O) groups is 12. The molecule has 0 spiro atoms. The van der Waals surface area contributed by atoms with Gasteiger partial charge in [0.15, 0.2) is 0 Å². The number of nitrogens with two attached hydrogens (primary N) is 1. The van der Waals surface area contributed by atoms with Gasteiger partial charge in [0.2, 0.25) is 53.2 Å². The topological polar surface area (TPSA) is 400 Å². The van der Waals surface area contributed by atoms with Crippen molar-refractivity contribution in [3.8, 4) is 5.75 Å². The molecule has 3 aromatic rings. The number of phenolic OH excluding ortho intramolecular Hbond substituents is 1. The first kappa shape index (κ1) is 67.4. The van der Waals surface area contributed by atoms with E-state index in [4.69, 9.17) is 5.73 Å². The molecule has 10 amide bonds. The van der Waals surface area contributed by atoms with Crippen molar-refractivity contribution in [3.05, 3.63) is 102 Å². The number of carbonyl (C=O) groups excluding carboxylic acids is 10. The standard InChI is InChI=1S/C57H78N10O15/c1-32(2)27-42(65-56(80)49(34(5)6)67-46(71)30-60-51(75)37-17-11-8-12-18-37)55(79)62-40(19-13-14-26-59-44(69)29-39(57(81)82)36-15-9-7-10-16-36)53(77)63-41(24-25-47(72)73)54(78)64-43(28-35-20-22-38(68)23-21-35)52(76)61-31-45(70)66-48(33(3)4)50(58)74/h7-12,15-18,20-23,32-34,39-43,48-49,68H,13-14,19,24-31H2,1-6H3,(H2,58,74)(H,59,69)(H,60,75)(H,61,76)(H,62,79)(H,63,77)(H,64,78)(H,65,80)(H,66,70)(H,67,71)(H,72,73)(H,81,82)/t39?,40-,41-,42-,43-,48-,49-/m0/s1. The van der Waals surface area contributed by atoms with Crippen LogP contribution >= 0.6 is 0 Å². The predicted molar refractivity (Wildman–Crippen MR) is 299 cm³/mol. The molecule has 0 heterocycles. The van der Waals surface area contributed by atoms with Gasteiger partial charge >= 0.3 is 11.9 Å². The summed E-state index contributed by atoms with van der Waals surface area (Å²) in [6.45, 7) is 8.97. The van der Waals surface area contributed by atoms with E-state index >= 15 is 0 Å². The number of benzene rings is 3. The maximum Gasteiger partial charge on any atom is 0.311 e. The number of carboxylic acids is 2. The molecule has 0 radical (unpaired) electrons. The molecular weight excluding hydrogens is 1060 g/mol. The highest BCUT2D eigenvalue weighted by molar-refractivity contribution is 5.99. The number of rotatable bonds is 35. The van der Waals surface area contributed by atoms with E-state index in [9.17, 15) is 72.9 Å². The predicted octanol–water partition coefficient (Wildman–Crippen LogP) is 0.643. The zero-order valence-electron chi connectivity index (χ0n) is 47.0. The highest BCUT2D eigenvalue weighted by Crippen LogP contribution is 2.20. The SMILES string of the molecule is CC(C)C[C@H](NC(=O)[C@@H](NC(=O)CNC(=O)c1ccccc1)C(C)C)C(=O)N[C@@H](CCCCNC(=O)CC(C(=O)O)c1ccccc1)C(=O)N[C@@H](CCC(=O)O)C(=O)N[C@@H](Cc1ccc(O)cc1)C(=O)NCC(=O)N[C@H](C(N)=O)C(C)C. The molecule has 0 aliphatic heterocycles. The maximum atomic E-state index is 14.5. The lowest BCUT2D eigenvalue weighted by molar-refractivity contribution is -0.141. The van der Waals surface area contributed by atoms with Gasteiger partial charge in [0, 0.05) is 31.4 Å². The average molecular weight is 1140 g/mol. The number of hydrogen-bond acceptors (Lipinski definition) is 13. The summed E-state index contributed by atoms with van der Waals surface area (Å²) in [4.78, 5) is 158.